The van der Waals surface area contributed by atoms with E-state index in [1.54, 1.807) is 37.4 Å². The number of benzene rings is 1. The maximum Gasteiger partial charge on any atom is 0.387 e. The fourth-order valence-corrected chi connectivity index (χ4v) is 3.13. The molecule has 2 N–H and O–H groups in total. The predicted octanol–water partition coefficient (Wildman–Crippen LogP) is 3.38. The Morgan fingerprint density at radius 3 is 2.71 bits per heavy atom. The molecule has 1 aromatic carbocycles. The minimum Gasteiger partial charge on any atom is -0.434 e. The van der Waals surface area contributed by atoms with Crippen molar-refractivity contribution < 1.29 is 23.4 Å². The van der Waals surface area contributed by atoms with Gasteiger partial charge in [-0.3, -0.25) is 9.48 Å². The van der Waals surface area contributed by atoms with E-state index in [1.165, 1.54) is 29.2 Å². The van der Waals surface area contributed by atoms with Gasteiger partial charge < -0.3 is 15.2 Å². The van der Waals surface area contributed by atoms with Gasteiger partial charge in [-0.25, -0.2) is 9.97 Å². The minimum absolute atomic E-state index is 0.129. The Labute approximate surface area is 175 Å². The number of alkyl halides is 2. The summed E-state index contributed by atoms with van der Waals surface area (Å²) in [6.07, 6.45) is 2.78. The molecule has 0 unspecified atom stereocenters. The Bertz CT molecular complexity index is 1240. The number of aromatic nitrogens is 4. The largest absolute Gasteiger partial charge is 0.434 e. The smallest absolute Gasteiger partial charge is 0.387 e. The molecule has 0 saturated carbocycles. The number of carbonyl (C=O) groups is 1. The number of halogens is 2. The number of nitrogens with one attached hydrogen (secondary N) is 1. The number of aryl methyl sites for hydroxylation is 1. The van der Waals surface area contributed by atoms with Crippen molar-refractivity contribution in [2.45, 2.75) is 13.2 Å². The zero-order valence-corrected chi connectivity index (χ0v) is 16.3. The summed E-state index contributed by atoms with van der Waals surface area (Å²) in [7, 11) is 1.65. The Balaban J connectivity index is 1.78. The molecule has 0 fully saturated rings. The molecule has 0 spiro atoms. The molecule has 0 radical (unpaired) electrons. The number of carbonyl (C=O) groups excluding carboxylic acids is 1. The van der Waals surface area contributed by atoms with Gasteiger partial charge in [-0.05, 0) is 12.1 Å². The quantitative estimate of drug-likeness (QED) is 0.491. The van der Waals surface area contributed by atoms with E-state index in [0.29, 0.717) is 16.8 Å². The molecule has 31 heavy (non-hydrogen) atoms. The molecule has 4 rings (SSSR count). The first-order valence-electron chi connectivity index (χ1n) is 9.20. The predicted molar refractivity (Wildman–Crippen MR) is 109 cm³/mol. The summed E-state index contributed by atoms with van der Waals surface area (Å²) >= 11 is 0. The Kier molecular flexibility index (Phi) is 5.54. The van der Waals surface area contributed by atoms with Gasteiger partial charge in [-0.1, -0.05) is 18.2 Å². The maximum atomic E-state index is 13.0. The zero-order chi connectivity index (χ0) is 22.0. The summed E-state index contributed by atoms with van der Waals surface area (Å²) in [5.74, 6) is -0.304. The van der Waals surface area contributed by atoms with Gasteiger partial charge in [0.1, 0.15) is 11.6 Å². The van der Waals surface area contributed by atoms with Crippen LogP contribution in [0.5, 0.6) is 5.75 Å². The number of hydrogen-bond acceptors (Lipinski definition) is 6. The van der Waals surface area contributed by atoms with Crippen LogP contribution in [-0.2, 0) is 13.7 Å². The standard InChI is InChI=1S/C21H17F2N5O3/c1-28-17(11-29)13(10-25-28)15-7-18(31-21(22)23)14-9-24-19(8-16(14)26-15)27-20(30)12-5-3-2-4-6-12/h2-10,21,29H,11H2,1H3,(H,24,27,30). The molecule has 0 aliphatic rings. The van der Waals surface area contributed by atoms with Crippen molar-refractivity contribution >= 4 is 22.6 Å². The molecule has 158 valence electrons. The highest BCUT2D eigenvalue weighted by molar-refractivity contribution is 6.04. The van der Waals surface area contributed by atoms with Crippen LogP contribution in [0.3, 0.4) is 0 Å². The summed E-state index contributed by atoms with van der Waals surface area (Å²) in [6, 6.07) is 11.4. The molecule has 0 saturated heterocycles. The third-order valence-electron chi connectivity index (χ3n) is 4.64. The first kappa shape index (κ1) is 20.4. The molecule has 0 aliphatic heterocycles. The molecule has 3 heterocycles. The van der Waals surface area contributed by atoms with Crippen molar-refractivity contribution in [2.24, 2.45) is 7.05 Å². The Morgan fingerprint density at radius 1 is 1.23 bits per heavy atom. The Hall–Kier alpha value is -3.92. The summed E-state index contributed by atoms with van der Waals surface area (Å²) in [5.41, 5.74) is 1.93. The second-order valence-electron chi connectivity index (χ2n) is 6.58. The second kappa shape index (κ2) is 8.44. The van der Waals surface area contributed by atoms with Crippen molar-refractivity contribution in [2.75, 3.05) is 5.32 Å². The van der Waals surface area contributed by atoms with Gasteiger partial charge in [0.2, 0.25) is 0 Å². The monoisotopic (exact) mass is 425 g/mol. The van der Waals surface area contributed by atoms with Crippen LogP contribution in [0.4, 0.5) is 14.6 Å². The number of fused-ring (bicyclic) bond motifs is 1. The van der Waals surface area contributed by atoms with Crippen molar-refractivity contribution in [3.05, 3.63) is 66.1 Å². The van der Waals surface area contributed by atoms with Crippen LogP contribution in [0.25, 0.3) is 22.2 Å². The van der Waals surface area contributed by atoms with Gasteiger partial charge in [-0.2, -0.15) is 13.9 Å². The number of aliphatic hydroxyl groups is 1. The number of nitrogens with zero attached hydrogens (tertiary/aromatic N) is 4. The van der Waals surface area contributed by atoms with E-state index in [4.69, 9.17) is 0 Å². The van der Waals surface area contributed by atoms with Crippen LogP contribution >= 0.6 is 0 Å². The molecular formula is C21H17F2N5O3. The van der Waals surface area contributed by atoms with Crippen molar-refractivity contribution in [3.63, 3.8) is 0 Å². The molecule has 0 bridgehead atoms. The first-order chi connectivity index (χ1) is 15.0. The molecule has 10 heteroatoms. The molecule has 8 nitrogen and oxygen atoms in total. The lowest BCUT2D eigenvalue weighted by molar-refractivity contribution is -0.0488. The molecule has 4 aromatic rings. The van der Waals surface area contributed by atoms with Crippen molar-refractivity contribution in [1.82, 2.24) is 19.7 Å². The summed E-state index contributed by atoms with van der Waals surface area (Å²) in [5, 5.41) is 16.6. The number of hydrogen-bond donors (Lipinski definition) is 2. The SMILES string of the molecule is Cn1ncc(-c2cc(OC(F)F)c3cnc(NC(=O)c4ccccc4)cc3n2)c1CO. The van der Waals surface area contributed by atoms with E-state index in [0.717, 1.165) is 0 Å². The average Bonchev–Trinajstić information content (AvgIpc) is 3.14. The number of rotatable bonds is 6. The van der Waals surface area contributed by atoms with E-state index in [9.17, 15) is 18.7 Å². The molecule has 0 aliphatic carbocycles. The summed E-state index contributed by atoms with van der Waals surface area (Å²) in [4.78, 5) is 21.0. The van der Waals surface area contributed by atoms with Gasteiger partial charge in [0.05, 0.1) is 35.1 Å². The van der Waals surface area contributed by atoms with Gasteiger partial charge in [0.15, 0.2) is 0 Å². The van der Waals surface area contributed by atoms with Crippen molar-refractivity contribution in [3.8, 4) is 17.0 Å². The Morgan fingerprint density at radius 2 is 2.00 bits per heavy atom. The number of ether oxygens (including phenoxy) is 1. The number of aliphatic hydroxyl groups excluding tert-OH is 1. The van der Waals surface area contributed by atoms with Crippen LogP contribution in [-0.4, -0.2) is 37.4 Å². The molecule has 1 amide bonds. The second-order valence-corrected chi connectivity index (χ2v) is 6.58. The van der Waals surface area contributed by atoms with Crippen LogP contribution < -0.4 is 10.1 Å². The highest BCUT2D eigenvalue weighted by Crippen LogP contribution is 2.33. The summed E-state index contributed by atoms with van der Waals surface area (Å²) in [6.45, 7) is -3.37. The molecular weight excluding hydrogens is 408 g/mol. The van der Waals surface area contributed by atoms with E-state index >= 15 is 0 Å². The first-order valence-corrected chi connectivity index (χ1v) is 9.20. The minimum atomic E-state index is -3.05. The average molecular weight is 425 g/mol. The van der Waals surface area contributed by atoms with Gasteiger partial charge in [0, 0.05) is 36.5 Å². The zero-order valence-electron chi connectivity index (χ0n) is 16.3. The van der Waals surface area contributed by atoms with E-state index in [2.05, 4.69) is 25.1 Å². The lowest BCUT2D eigenvalue weighted by Crippen LogP contribution is -2.12. The normalized spacial score (nSPS) is 11.1. The number of amides is 1. The van der Waals surface area contributed by atoms with Crippen LogP contribution in [0.1, 0.15) is 16.1 Å². The number of anilines is 1. The number of pyridine rings is 2. The third kappa shape index (κ3) is 4.19. The lowest BCUT2D eigenvalue weighted by atomic mass is 10.1. The van der Waals surface area contributed by atoms with Gasteiger partial charge in [-0.15, -0.1) is 0 Å². The lowest BCUT2D eigenvalue weighted by Gasteiger charge is -2.12. The van der Waals surface area contributed by atoms with E-state index in [1.807, 2.05) is 0 Å². The van der Waals surface area contributed by atoms with E-state index in [-0.39, 0.29) is 40.7 Å². The highest BCUT2D eigenvalue weighted by Gasteiger charge is 2.18. The van der Waals surface area contributed by atoms with Gasteiger partial charge in [0.25, 0.3) is 5.91 Å². The fraction of sp³-hybridized carbons (Fsp3) is 0.143. The van der Waals surface area contributed by atoms with E-state index < -0.39 is 6.61 Å². The van der Waals surface area contributed by atoms with Gasteiger partial charge >= 0.3 is 6.61 Å². The molecule has 3 aromatic heterocycles. The van der Waals surface area contributed by atoms with Crippen LogP contribution in [0.2, 0.25) is 0 Å². The topological polar surface area (TPSA) is 102 Å². The maximum absolute atomic E-state index is 13.0. The third-order valence-corrected chi connectivity index (χ3v) is 4.64. The van der Waals surface area contributed by atoms with Crippen molar-refractivity contribution in [1.29, 1.82) is 0 Å². The highest BCUT2D eigenvalue weighted by atomic mass is 19.3. The molecule has 0 atom stereocenters. The van der Waals surface area contributed by atoms with Crippen LogP contribution in [0.15, 0.2) is 54.9 Å². The summed E-state index contributed by atoms with van der Waals surface area (Å²) < 4.78 is 32.1. The fourth-order valence-electron chi connectivity index (χ4n) is 3.13. The van der Waals surface area contributed by atoms with Crippen LogP contribution in [0, 0.1) is 0 Å².